The van der Waals surface area contributed by atoms with Crippen molar-refractivity contribution in [2.45, 2.75) is 29.8 Å². The van der Waals surface area contributed by atoms with E-state index in [9.17, 15) is 9.59 Å². The molecule has 1 saturated carbocycles. The number of aromatic amines is 1. The van der Waals surface area contributed by atoms with E-state index in [4.69, 9.17) is 4.98 Å². The number of amides is 2. The maximum absolute atomic E-state index is 12.0. The molecule has 2 aliphatic rings. The van der Waals surface area contributed by atoms with Crippen molar-refractivity contribution in [3.8, 4) is 0 Å². The number of aromatic nitrogens is 4. The van der Waals surface area contributed by atoms with Crippen molar-refractivity contribution in [3.63, 3.8) is 0 Å². The number of H-pyrrole nitrogens is 1. The highest BCUT2D eigenvalue weighted by molar-refractivity contribution is 7.99. The van der Waals surface area contributed by atoms with Crippen LogP contribution in [0.3, 0.4) is 0 Å². The fourth-order valence-corrected chi connectivity index (χ4v) is 4.42. The van der Waals surface area contributed by atoms with Gasteiger partial charge in [0.15, 0.2) is 11.0 Å². The lowest BCUT2D eigenvalue weighted by atomic mass is 10.3. The van der Waals surface area contributed by atoms with E-state index in [0.717, 1.165) is 41.3 Å². The van der Waals surface area contributed by atoms with Crippen LogP contribution < -0.4 is 15.5 Å². The Kier molecular flexibility index (Phi) is 6.35. The molecule has 0 radical (unpaired) electrons. The molecule has 0 atom stereocenters. The zero-order valence-corrected chi connectivity index (χ0v) is 19.6. The number of anilines is 4. The highest BCUT2D eigenvalue weighted by Gasteiger charge is 2.29. The van der Waals surface area contributed by atoms with Crippen molar-refractivity contribution in [1.82, 2.24) is 25.1 Å². The second kappa shape index (κ2) is 9.72. The van der Waals surface area contributed by atoms with Gasteiger partial charge in [0.2, 0.25) is 12.3 Å². The van der Waals surface area contributed by atoms with Crippen molar-refractivity contribution < 1.29 is 9.59 Å². The van der Waals surface area contributed by atoms with E-state index in [1.54, 1.807) is 4.90 Å². The lowest BCUT2D eigenvalue weighted by Gasteiger charge is -2.33. The van der Waals surface area contributed by atoms with Crippen molar-refractivity contribution in [3.05, 3.63) is 42.1 Å². The van der Waals surface area contributed by atoms with Gasteiger partial charge >= 0.3 is 0 Å². The van der Waals surface area contributed by atoms with E-state index in [1.807, 2.05) is 43.3 Å². The minimum Gasteiger partial charge on any atom is -0.353 e. The third-order valence-electron chi connectivity index (χ3n) is 5.72. The summed E-state index contributed by atoms with van der Waals surface area (Å²) >= 11 is 1.45. The Balaban J connectivity index is 1.34. The monoisotopic (exact) mass is 478 g/mol. The highest BCUT2D eigenvalue weighted by Crippen LogP contribution is 2.32. The van der Waals surface area contributed by atoms with Gasteiger partial charge in [-0.3, -0.25) is 14.7 Å². The fourth-order valence-electron chi connectivity index (χ4n) is 3.66. The van der Waals surface area contributed by atoms with E-state index in [0.29, 0.717) is 43.0 Å². The number of hydrogen-bond donors (Lipinski definition) is 3. The molecule has 11 heteroatoms. The minimum absolute atomic E-state index is 0.0930. The van der Waals surface area contributed by atoms with Crippen LogP contribution in [-0.4, -0.2) is 63.6 Å². The molecule has 2 amide bonds. The Morgan fingerprint density at radius 2 is 1.85 bits per heavy atom. The van der Waals surface area contributed by atoms with Crippen LogP contribution in [-0.2, 0) is 9.59 Å². The third-order valence-corrected chi connectivity index (χ3v) is 6.59. The predicted molar refractivity (Wildman–Crippen MR) is 130 cm³/mol. The Bertz CT molecular complexity index is 1170. The standard InChI is InChI=1S/C23H26N8O2S/c1-15-12-20(29-28-15)25-19-13-21(31-10-8-30(14-32)9-11-31)27-23(26-19)34-18-6-4-17(5-7-18)24-22(33)16-2-3-16/h4-7,12-14,16H,2-3,8-11H2,1H3,(H,24,33)(H2,25,26,27,28,29). The number of piperazine rings is 1. The predicted octanol–water partition coefficient (Wildman–Crippen LogP) is 3.03. The summed E-state index contributed by atoms with van der Waals surface area (Å²) < 4.78 is 0. The van der Waals surface area contributed by atoms with E-state index in [2.05, 4.69) is 30.7 Å². The summed E-state index contributed by atoms with van der Waals surface area (Å²) in [6.07, 6.45) is 2.85. The molecule has 3 N–H and O–H groups in total. The average Bonchev–Trinajstić information content (AvgIpc) is 3.63. The Morgan fingerprint density at radius 1 is 1.09 bits per heavy atom. The summed E-state index contributed by atoms with van der Waals surface area (Å²) in [7, 11) is 0. The molecule has 5 rings (SSSR count). The number of nitrogens with zero attached hydrogens (tertiary/aromatic N) is 5. The molecular weight excluding hydrogens is 452 g/mol. The van der Waals surface area contributed by atoms with Gasteiger partial charge in [0, 0.05) is 60.5 Å². The van der Waals surface area contributed by atoms with Crippen LogP contribution in [0.4, 0.5) is 23.1 Å². The topological polar surface area (TPSA) is 119 Å². The van der Waals surface area contributed by atoms with Crippen LogP contribution in [0.5, 0.6) is 0 Å². The van der Waals surface area contributed by atoms with Crippen molar-refractivity contribution >= 4 is 47.2 Å². The van der Waals surface area contributed by atoms with Gasteiger partial charge in [-0.1, -0.05) is 0 Å². The molecule has 10 nitrogen and oxygen atoms in total. The maximum atomic E-state index is 12.0. The lowest BCUT2D eigenvalue weighted by Crippen LogP contribution is -2.46. The first kappa shape index (κ1) is 22.2. The van der Waals surface area contributed by atoms with Crippen molar-refractivity contribution in [2.24, 2.45) is 5.92 Å². The lowest BCUT2D eigenvalue weighted by molar-refractivity contribution is -0.118. The van der Waals surface area contributed by atoms with E-state index < -0.39 is 0 Å². The molecule has 176 valence electrons. The highest BCUT2D eigenvalue weighted by atomic mass is 32.2. The molecule has 0 bridgehead atoms. The number of carbonyl (C=O) groups is 2. The van der Waals surface area contributed by atoms with E-state index >= 15 is 0 Å². The number of carbonyl (C=O) groups excluding carboxylic acids is 2. The Labute approximate surface area is 201 Å². The van der Waals surface area contributed by atoms with Crippen LogP contribution in [0, 0.1) is 12.8 Å². The number of nitrogens with one attached hydrogen (secondary N) is 3. The molecule has 3 heterocycles. The molecule has 1 aliphatic heterocycles. The normalized spacial score (nSPS) is 15.8. The quantitative estimate of drug-likeness (QED) is 0.334. The summed E-state index contributed by atoms with van der Waals surface area (Å²) in [6, 6.07) is 11.5. The van der Waals surface area contributed by atoms with Crippen LogP contribution in [0.15, 0.2) is 46.5 Å². The molecule has 0 unspecified atom stereocenters. The van der Waals surface area contributed by atoms with Gasteiger partial charge in [-0.05, 0) is 55.8 Å². The molecule has 2 fully saturated rings. The molecule has 1 aliphatic carbocycles. The largest absolute Gasteiger partial charge is 0.353 e. The summed E-state index contributed by atoms with van der Waals surface area (Å²) in [5, 5.41) is 14.0. The fraction of sp³-hybridized carbons (Fsp3) is 0.348. The van der Waals surface area contributed by atoms with Crippen LogP contribution in [0.2, 0.25) is 0 Å². The molecule has 1 aromatic carbocycles. The maximum Gasteiger partial charge on any atom is 0.227 e. The number of rotatable bonds is 8. The van der Waals surface area contributed by atoms with Gasteiger partial charge in [-0.25, -0.2) is 9.97 Å². The smallest absolute Gasteiger partial charge is 0.227 e. The molecule has 3 aromatic rings. The summed E-state index contributed by atoms with van der Waals surface area (Å²) in [5.41, 5.74) is 1.74. The number of hydrogen-bond acceptors (Lipinski definition) is 8. The van der Waals surface area contributed by atoms with E-state index in [1.165, 1.54) is 11.8 Å². The second-order valence-electron chi connectivity index (χ2n) is 8.47. The minimum atomic E-state index is 0.0930. The summed E-state index contributed by atoms with van der Waals surface area (Å²) in [5.74, 6) is 2.38. The molecule has 34 heavy (non-hydrogen) atoms. The number of aryl methyl sites for hydroxylation is 1. The van der Waals surface area contributed by atoms with Crippen molar-refractivity contribution in [2.75, 3.05) is 41.7 Å². The first-order valence-electron chi connectivity index (χ1n) is 11.3. The molecule has 0 spiro atoms. The van der Waals surface area contributed by atoms with Crippen LogP contribution in [0.1, 0.15) is 18.5 Å². The van der Waals surface area contributed by atoms with E-state index in [-0.39, 0.29) is 11.8 Å². The number of benzene rings is 1. The van der Waals surface area contributed by atoms with Crippen LogP contribution in [0.25, 0.3) is 0 Å². The molecule has 1 saturated heterocycles. The molecular formula is C23H26N8O2S. The average molecular weight is 479 g/mol. The Morgan fingerprint density at radius 3 is 2.50 bits per heavy atom. The van der Waals surface area contributed by atoms with Gasteiger partial charge in [-0.2, -0.15) is 5.10 Å². The second-order valence-corrected chi connectivity index (χ2v) is 9.51. The summed E-state index contributed by atoms with van der Waals surface area (Å²) in [6.45, 7) is 4.66. The van der Waals surface area contributed by atoms with Crippen LogP contribution >= 0.6 is 11.8 Å². The van der Waals surface area contributed by atoms with Crippen molar-refractivity contribution in [1.29, 1.82) is 0 Å². The zero-order valence-electron chi connectivity index (χ0n) is 18.8. The van der Waals surface area contributed by atoms with Gasteiger partial charge < -0.3 is 20.4 Å². The Hall–Kier alpha value is -3.60. The summed E-state index contributed by atoms with van der Waals surface area (Å²) in [4.78, 5) is 37.4. The van der Waals surface area contributed by atoms with Gasteiger partial charge in [0.05, 0.1) is 0 Å². The zero-order chi connectivity index (χ0) is 23.5. The SMILES string of the molecule is Cc1cc(Nc2cc(N3CCN(C=O)CC3)nc(Sc3ccc(NC(=O)C4CC4)cc3)n2)n[nH]1. The third kappa shape index (κ3) is 5.48. The first-order valence-corrected chi connectivity index (χ1v) is 12.1. The van der Waals surface area contributed by atoms with Gasteiger partial charge in [0.25, 0.3) is 0 Å². The van der Waals surface area contributed by atoms with Gasteiger partial charge in [-0.15, -0.1) is 0 Å². The van der Waals surface area contributed by atoms with Gasteiger partial charge in [0.1, 0.15) is 11.6 Å². The first-order chi connectivity index (χ1) is 16.6. The molecule has 2 aromatic heterocycles.